The predicted octanol–water partition coefficient (Wildman–Crippen LogP) is 3.00. The molecular formula is C13H15BrO4. The third-order valence-corrected chi connectivity index (χ3v) is 2.95. The van der Waals surface area contributed by atoms with E-state index in [4.69, 9.17) is 5.11 Å². The zero-order valence-corrected chi connectivity index (χ0v) is 11.3. The number of halogens is 1. The Labute approximate surface area is 114 Å². The van der Waals surface area contributed by atoms with Crippen LogP contribution in [0.2, 0.25) is 0 Å². The first-order valence-corrected chi connectivity index (χ1v) is 6.36. The predicted molar refractivity (Wildman–Crippen MR) is 71.4 cm³/mol. The van der Waals surface area contributed by atoms with Gasteiger partial charge in [-0.1, -0.05) is 22.0 Å². The quantitative estimate of drug-likeness (QED) is 0.557. The minimum Gasteiger partial charge on any atom is -0.508 e. The van der Waals surface area contributed by atoms with Gasteiger partial charge in [0, 0.05) is 16.1 Å². The zero-order chi connectivity index (χ0) is 13.5. The average Bonchev–Trinajstić information content (AvgIpc) is 2.31. The standard InChI is InChI=1S/C13H15BrO4/c14-9-6-7-12(16)10(8-9)11(15)4-2-1-3-5-13(17)18/h3,5-8,11,15-16H,1-2,4H2,(H,17,18)/b5-3+/t11-/m1/s1. The highest BCUT2D eigenvalue weighted by molar-refractivity contribution is 9.10. The van der Waals surface area contributed by atoms with Gasteiger partial charge in [0.15, 0.2) is 0 Å². The van der Waals surface area contributed by atoms with E-state index >= 15 is 0 Å². The number of rotatable bonds is 6. The molecule has 1 aromatic carbocycles. The lowest BCUT2D eigenvalue weighted by molar-refractivity contribution is -0.131. The summed E-state index contributed by atoms with van der Waals surface area (Å²) >= 11 is 3.27. The lowest BCUT2D eigenvalue weighted by atomic mass is 10.0. The van der Waals surface area contributed by atoms with Crippen molar-refractivity contribution >= 4 is 21.9 Å². The fourth-order valence-corrected chi connectivity index (χ4v) is 1.94. The van der Waals surface area contributed by atoms with Crippen molar-refractivity contribution in [1.29, 1.82) is 0 Å². The number of aliphatic hydroxyl groups is 1. The Hall–Kier alpha value is -1.33. The van der Waals surface area contributed by atoms with E-state index in [2.05, 4.69) is 15.9 Å². The van der Waals surface area contributed by atoms with Crippen molar-refractivity contribution in [2.45, 2.75) is 25.4 Å². The van der Waals surface area contributed by atoms with Crippen molar-refractivity contribution in [2.24, 2.45) is 0 Å². The SMILES string of the molecule is O=C(O)/C=C/CCC[C@@H](O)c1cc(Br)ccc1O. The van der Waals surface area contributed by atoms with Gasteiger partial charge in [0.25, 0.3) is 0 Å². The summed E-state index contributed by atoms with van der Waals surface area (Å²) in [6.07, 6.45) is 3.59. The Bertz CT molecular complexity index is 443. The van der Waals surface area contributed by atoms with E-state index in [1.807, 2.05) is 0 Å². The number of aromatic hydroxyl groups is 1. The molecule has 0 aliphatic carbocycles. The molecule has 0 saturated carbocycles. The highest BCUT2D eigenvalue weighted by Crippen LogP contribution is 2.30. The normalized spacial score (nSPS) is 12.8. The summed E-state index contributed by atoms with van der Waals surface area (Å²) < 4.78 is 0.792. The molecule has 1 atom stereocenters. The number of carboxylic acids is 1. The first kappa shape index (κ1) is 14.7. The summed E-state index contributed by atoms with van der Waals surface area (Å²) in [7, 11) is 0. The zero-order valence-electron chi connectivity index (χ0n) is 9.71. The van der Waals surface area contributed by atoms with Crippen molar-refractivity contribution < 1.29 is 20.1 Å². The second-order valence-corrected chi connectivity index (χ2v) is 4.81. The Morgan fingerprint density at radius 1 is 1.44 bits per heavy atom. The van der Waals surface area contributed by atoms with E-state index in [9.17, 15) is 15.0 Å². The highest BCUT2D eigenvalue weighted by Gasteiger charge is 2.12. The second kappa shape index (κ2) is 7.18. The minimum absolute atomic E-state index is 0.0618. The topological polar surface area (TPSA) is 77.8 Å². The Kier molecular flexibility index (Phi) is 5.88. The van der Waals surface area contributed by atoms with E-state index in [-0.39, 0.29) is 5.75 Å². The number of carboxylic acid groups (broad SMARTS) is 1. The van der Waals surface area contributed by atoms with Crippen molar-refractivity contribution in [2.75, 3.05) is 0 Å². The number of aliphatic hydroxyl groups excluding tert-OH is 1. The molecule has 0 spiro atoms. The summed E-state index contributed by atoms with van der Waals surface area (Å²) in [5.74, 6) is -0.910. The molecule has 0 heterocycles. The summed E-state index contributed by atoms with van der Waals surface area (Å²) in [5, 5.41) is 27.9. The van der Waals surface area contributed by atoms with Crippen LogP contribution >= 0.6 is 15.9 Å². The van der Waals surface area contributed by atoms with Crippen molar-refractivity contribution in [3.8, 4) is 5.75 Å². The molecule has 0 bridgehead atoms. The van der Waals surface area contributed by atoms with Gasteiger partial charge in [-0.3, -0.25) is 0 Å². The Morgan fingerprint density at radius 2 is 2.17 bits per heavy atom. The Balaban J connectivity index is 2.47. The van der Waals surface area contributed by atoms with Crippen LogP contribution in [-0.2, 0) is 4.79 Å². The molecule has 0 fully saturated rings. The molecule has 0 saturated heterocycles. The summed E-state index contributed by atoms with van der Waals surface area (Å²) in [4.78, 5) is 10.2. The van der Waals surface area contributed by atoms with E-state index in [0.717, 1.165) is 10.5 Å². The van der Waals surface area contributed by atoms with Gasteiger partial charge in [0.05, 0.1) is 6.10 Å². The molecule has 1 rings (SSSR count). The van der Waals surface area contributed by atoms with E-state index < -0.39 is 12.1 Å². The van der Waals surface area contributed by atoms with Crippen LogP contribution in [0.25, 0.3) is 0 Å². The number of carbonyl (C=O) groups is 1. The number of aliphatic carboxylic acids is 1. The van der Waals surface area contributed by atoms with E-state index in [0.29, 0.717) is 24.8 Å². The molecular weight excluding hydrogens is 300 g/mol. The summed E-state index contributed by atoms with van der Waals surface area (Å²) in [5.41, 5.74) is 0.478. The molecule has 0 amide bonds. The van der Waals surface area contributed by atoms with Crippen molar-refractivity contribution in [3.63, 3.8) is 0 Å². The third-order valence-electron chi connectivity index (χ3n) is 2.46. The molecule has 5 heteroatoms. The molecule has 1 aromatic rings. The fraction of sp³-hybridized carbons (Fsp3) is 0.308. The van der Waals surface area contributed by atoms with Gasteiger partial charge < -0.3 is 15.3 Å². The van der Waals surface area contributed by atoms with Gasteiger partial charge in [-0.25, -0.2) is 4.79 Å². The van der Waals surface area contributed by atoms with Crippen LogP contribution in [0.3, 0.4) is 0 Å². The molecule has 0 radical (unpaired) electrons. The van der Waals surface area contributed by atoms with E-state index in [1.165, 1.54) is 6.07 Å². The maximum Gasteiger partial charge on any atom is 0.327 e. The van der Waals surface area contributed by atoms with Crippen molar-refractivity contribution in [1.82, 2.24) is 0 Å². The Morgan fingerprint density at radius 3 is 2.83 bits per heavy atom. The van der Waals surface area contributed by atoms with Crippen LogP contribution in [0, 0.1) is 0 Å². The van der Waals surface area contributed by atoms with Crippen molar-refractivity contribution in [3.05, 3.63) is 40.4 Å². The molecule has 18 heavy (non-hydrogen) atoms. The molecule has 0 unspecified atom stereocenters. The van der Waals surface area contributed by atoms with Crippen LogP contribution in [0.15, 0.2) is 34.8 Å². The maximum atomic E-state index is 10.2. The average molecular weight is 315 g/mol. The minimum atomic E-state index is -0.972. The molecule has 0 aliphatic heterocycles. The largest absolute Gasteiger partial charge is 0.508 e. The monoisotopic (exact) mass is 314 g/mol. The maximum absolute atomic E-state index is 10.2. The number of benzene rings is 1. The molecule has 0 aliphatic rings. The van der Waals surface area contributed by atoms with Crippen LogP contribution in [0.4, 0.5) is 0 Å². The number of hydrogen-bond donors (Lipinski definition) is 3. The highest BCUT2D eigenvalue weighted by atomic mass is 79.9. The fourth-order valence-electron chi connectivity index (χ4n) is 1.56. The second-order valence-electron chi connectivity index (χ2n) is 3.89. The third kappa shape index (κ3) is 4.89. The number of allylic oxidation sites excluding steroid dienone is 1. The van der Waals surface area contributed by atoms with Gasteiger partial charge >= 0.3 is 5.97 Å². The first-order valence-electron chi connectivity index (χ1n) is 5.56. The molecule has 3 N–H and O–H groups in total. The first-order chi connectivity index (χ1) is 8.50. The summed E-state index contributed by atoms with van der Waals surface area (Å²) in [6.45, 7) is 0. The van der Waals surface area contributed by atoms with Gasteiger partial charge in [-0.2, -0.15) is 0 Å². The van der Waals surface area contributed by atoms with Crippen LogP contribution in [0.1, 0.15) is 30.9 Å². The van der Waals surface area contributed by atoms with Gasteiger partial charge in [0.1, 0.15) is 5.75 Å². The van der Waals surface area contributed by atoms with Crippen LogP contribution in [-0.4, -0.2) is 21.3 Å². The lowest BCUT2D eigenvalue weighted by Crippen LogP contribution is -1.98. The molecule has 4 nitrogen and oxygen atoms in total. The summed E-state index contributed by atoms with van der Waals surface area (Å²) in [6, 6.07) is 4.89. The van der Waals surface area contributed by atoms with Crippen LogP contribution in [0.5, 0.6) is 5.75 Å². The molecule has 0 aromatic heterocycles. The lowest BCUT2D eigenvalue weighted by Gasteiger charge is -2.12. The number of phenolic OH excluding ortho intramolecular Hbond substituents is 1. The number of hydrogen-bond acceptors (Lipinski definition) is 3. The number of unbranched alkanes of at least 4 members (excludes halogenated alkanes) is 1. The van der Waals surface area contributed by atoms with Gasteiger partial charge in [0.2, 0.25) is 0 Å². The van der Waals surface area contributed by atoms with Gasteiger partial charge in [-0.15, -0.1) is 0 Å². The molecule has 98 valence electrons. The smallest absolute Gasteiger partial charge is 0.327 e. The number of phenols is 1. The van der Waals surface area contributed by atoms with Crippen LogP contribution < -0.4 is 0 Å². The van der Waals surface area contributed by atoms with Gasteiger partial charge in [-0.05, 0) is 37.5 Å². The van der Waals surface area contributed by atoms with E-state index in [1.54, 1.807) is 18.2 Å².